The number of benzene rings is 1. The fraction of sp³-hybridized carbons (Fsp3) is 0.368. The van der Waals surface area contributed by atoms with Crippen LogP contribution in [0.4, 0.5) is 20.4 Å². The van der Waals surface area contributed by atoms with Gasteiger partial charge in [0, 0.05) is 17.4 Å². The molecule has 2 heterocycles. The van der Waals surface area contributed by atoms with Gasteiger partial charge in [-0.1, -0.05) is 5.21 Å². The topological polar surface area (TPSA) is 109 Å². The van der Waals surface area contributed by atoms with Crippen molar-refractivity contribution in [3.63, 3.8) is 0 Å². The maximum Gasteiger partial charge on any atom is 0.280 e. The minimum atomic E-state index is -2.68. The Morgan fingerprint density at radius 1 is 1.28 bits per heavy atom. The van der Waals surface area contributed by atoms with Gasteiger partial charge in [-0.05, 0) is 50.6 Å². The number of halogens is 2. The lowest BCUT2D eigenvalue weighted by Crippen LogP contribution is -2.38. The lowest BCUT2D eigenvalue weighted by molar-refractivity contribution is -0.0393. The molecule has 29 heavy (non-hydrogen) atoms. The number of aromatic nitrogens is 5. The zero-order valence-corrected chi connectivity index (χ0v) is 16.2. The molecular weight excluding hydrogens is 382 g/mol. The third-order valence-electron chi connectivity index (χ3n) is 4.66. The molecule has 0 radical (unpaired) electrons. The van der Waals surface area contributed by atoms with Gasteiger partial charge >= 0.3 is 0 Å². The second-order valence-electron chi connectivity index (χ2n) is 7.09. The van der Waals surface area contributed by atoms with Crippen molar-refractivity contribution in [3.05, 3.63) is 47.9 Å². The average Bonchev–Trinajstić information content (AvgIpc) is 3.17. The van der Waals surface area contributed by atoms with Gasteiger partial charge in [0.15, 0.2) is 0 Å². The highest BCUT2D eigenvalue weighted by atomic mass is 19.3. The molecule has 0 bridgehead atoms. The van der Waals surface area contributed by atoms with E-state index in [9.17, 15) is 19.0 Å². The molecule has 0 saturated carbocycles. The normalized spacial score (nSPS) is 14.6. The Hall–Kier alpha value is -2.98. The Bertz CT molecular complexity index is 992. The molecule has 3 aromatic rings. The van der Waals surface area contributed by atoms with E-state index in [0.717, 1.165) is 17.2 Å². The van der Waals surface area contributed by atoms with E-state index in [2.05, 4.69) is 25.6 Å². The molecule has 0 saturated heterocycles. The quantitative estimate of drug-likeness (QED) is 0.555. The highest BCUT2D eigenvalue weighted by Gasteiger charge is 2.30. The molecule has 3 N–H and O–H groups in total. The van der Waals surface area contributed by atoms with Gasteiger partial charge in [-0.2, -0.15) is 0 Å². The molecule has 0 unspecified atom stereocenters. The first-order chi connectivity index (χ1) is 13.7. The number of alkyl halides is 2. The first kappa shape index (κ1) is 20.7. The molecule has 3 rings (SSSR count). The van der Waals surface area contributed by atoms with E-state index < -0.39 is 24.7 Å². The highest BCUT2D eigenvalue weighted by Crippen LogP contribution is 2.27. The van der Waals surface area contributed by atoms with Crippen LogP contribution in [-0.2, 0) is 0 Å². The van der Waals surface area contributed by atoms with E-state index in [0.29, 0.717) is 11.4 Å². The smallest absolute Gasteiger partial charge is 0.280 e. The highest BCUT2D eigenvalue weighted by molar-refractivity contribution is 5.68. The number of aliphatic hydroxyl groups excluding tert-OH is 1. The van der Waals surface area contributed by atoms with Crippen LogP contribution in [0.1, 0.15) is 37.6 Å². The lowest BCUT2D eigenvalue weighted by Gasteiger charge is -2.27. The Labute approximate surface area is 166 Å². The largest absolute Gasteiger partial charge is 0.393 e. The monoisotopic (exact) mass is 404 g/mol. The Morgan fingerprint density at radius 2 is 2.03 bits per heavy atom. The van der Waals surface area contributed by atoms with Crippen molar-refractivity contribution >= 4 is 11.6 Å². The van der Waals surface area contributed by atoms with E-state index in [1.54, 1.807) is 19.2 Å². The summed E-state index contributed by atoms with van der Waals surface area (Å²) in [5.74, 6) is 0.0654. The predicted molar refractivity (Wildman–Crippen MR) is 103 cm³/mol. The van der Waals surface area contributed by atoms with Crippen molar-refractivity contribution in [1.82, 2.24) is 25.0 Å². The predicted octanol–water partition coefficient (Wildman–Crippen LogP) is 3.03. The number of aliphatic hydroxyl groups is 2. The first-order valence-electron chi connectivity index (χ1n) is 8.95. The van der Waals surface area contributed by atoms with Crippen LogP contribution in [0.2, 0.25) is 0 Å². The number of nitrogens with zero attached hydrogens (tertiary/aromatic N) is 5. The summed E-state index contributed by atoms with van der Waals surface area (Å²) in [6, 6.07) is 6.16. The van der Waals surface area contributed by atoms with Crippen LogP contribution in [-0.4, -0.2) is 47.4 Å². The maximum absolute atomic E-state index is 12.8. The van der Waals surface area contributed by atoms with Crippen LogP contribution >= 0.6 is 0 Å². The Balaban J connectivity index is 1.87. The van der Waals surface area contributed by atoms with Crippen molar-refractivity contribution in [2.24, 2.45) is 0 Å². The summed E-state index contributed by atoms with van der Waals surface area (Å²) in [7, 11) is 0. The standard InChI is InChI=1S/C19H22F2N6O2/c1-11-6-13(16-9-27(26-25-16)12(2)19(3,29)10-28)8-14(7-11)23-18-22-5-4-15(24-18)17(20)21/h4-9,12,17,28-29H,10H2,1-3H3,(H,22,23,24)/t12-,19-/m0/s1. The van der Waals surface area contributed by atoms with Crippen LogP contribution in [0.3, 0.4) is 0 Å². The lowest BCUT2D eigenvalue weighted by atomic mass is 9.99. The van der Waals surface area contributed by atoms with Crippen molar-refractivity contribution in [2.45, 2.75) is 38.8 Å². The van der Waals surface area contributed by atoms with Gasteiger partial charge in [-0.25, -0.2) is 23.4 Å². The number of hydrogen-bond acceptors (Lipinski definition) is 7. The van der Waals surface area contributed by atoms with Crippen LogP contribution in [0.15, 0.2) is 36.7 Å². The number of rotatable bonds is 7. The number of anilines is 2. The van der Waals surface area contributed by atoms with Gasteiger partial charge in [0.25, 0.3) is 6.43 Å². The number of hydrogen-bond donors (Lipinski definition) is 3. The van der Waals surface area contributed by atoms with Crippen LogP contribution < -0.4 is 5.32 Å². The van der Waals surface area contributed by atoms with Crippen LogP contribution in [0.25, 0.3) is 11.3 Å². The van der Waals surface area contributed by atoms with E-state index in [1.807, 2.05) is 19.1 Å². The SMILES string of the molecule is Cc1cc(Nc2nccc(C(F)F)n2)cc(-c2cn([C@@H](C)[C@@](C)(O)CO)nn2)c1. The number of aryl methyl sites for hydroxylation is 1. The molecular formula is C19H22F2N6O2. The Morgan fingerprint density at radius 3 is 2.72 bits per heavy atom. The van der Waals surface area contributed by atoms with Crippen molar-refractivity contribution in [2.75, 3.05) is 11.9 Å². The van der Waals surface area contributed by atoms with E-state index in [4.69, 9.17) is 0 Å². The molecule has 0 aliphatic carbocycles. The Kier molecular flexibility index (Phi) is 5.85. The van der Waals surface area contributed by atoms with Crippen LogP contribution in [0.5, 0.6) is 0 Å². The molecule has 1 aromatic carbocycles. The summed E-state index contributed by atoms with van der Waals surface area (Å²) >= 11 is 0. The molecule has 2 atom stereocenters. The van der Waals surface area contributed by atoms with E-state index in [1.165, 1.54) is 17.8 Å². The second-order valence-corrected chi connectivity index (χ2v) is 7.09. The fourth-order valence-electron chi connectivity index (χ4n) is 2.70. The zero-order chi connectivity index (χ0) is 21.2. The summed E-state index contributed by atoms with van der Waals surface area (Å²) in [6.07, 6.45) is 0.259. The molecule has 0 fully saturated rings. The van der Waals surface area contributed by atoms with Crippen molar-refractivity contribution < 1.29 is 19.0 Å². The van der Waals surface area contributed by atoms with Gasteiger partial charge < -0.3 is 15.5 Å². The molecule has 154 valence electrons. The third-order valence-corrected chi connectivity index (χ3v) is 4.66. The van der Waals surface area contributed by atoms with Crippen molar-refractivity contribution in [1.29, 1.82) is 0 Å². The van der Waals surface area contributed by atoms with E-state index >= 15 is 0 Å². The maximum atomic E-state index is 12.8. The molecule has 10 heteroatoms. The van der Waals surface area contributed by atoms with Gasteiger partial charge in [-0.15, -0.1) is 5.10 Å². The zero-order valence-electron chi connectivity index (χ0n) is 16.2. The van der Waals surface area contributed by atoms with Crippen LogP contribution in [0, 0.1) is 6.92 Å². The van der Waals surface area contributed by atoms with Gasteiger partial charge in [0.2, 0.25) is 5.95 Å². The first-order valence-corrected chi connectivity index (χ1v) is 8.95. The summed E-state index contributed by atoms with van der Waals surface area (Å²) in [5.41, 5.74) is 1.09. The van der Waals surface area contributed by atoms with Gasteiger partial charge in [0.05, 0.1) is 18.8 Å². The minimum Gasteiger partial charge on any atom is -0.393 e. The van der Waals surface area contributed by atoms with E-state index in [-0.39, 0.29) is 11.6 Å². The molecule has 0 amide bonds. The van der Waals surface area contributed by atoms with Gasteiger partial charge in [-0.3, -0.25) is 0 Å². The summed E-state index contributed by atoms with van der Waals surface area (Å²) in [4.78, 5) is 7.78. The summed E-state index contributed by atoms with van der Waals surface area (Å²) < 4.78 is 27.2. The summed E-state index contributed by atoms with van der Waals surface area (Å²) in [6.45, 7) is 4.71. The second kappa shape index (κ2) is 8.18. The molecule has 0 aliphatic rings. The number of nitrogens with one attached hydrogen (secondary N) is 1. The molecule has 2 aromatic heterocycles. The third kappa shape index (κ3) is 4.72. The molecule has 0 aliphatic heterocycles. The fourth-order valence-corrected chi connectivity index (χ4v) is 2.70. The minimum absolute atomic E-state index is 0.0654. The van der Waals surface area contributed by atoms with Gasteiger partial charge in [0.1, 0.15) is 17.0 Å². The average molecular weight is 404 g/mol. The molecule has 0 spiro atoms. The van der Waals surface area contributed by atoms with Crippen molar-refractivity contribution in [3.8, 4) is 11.3 Å². The summed E-state index contributed by atoms with van der Waals surface area (Å²) in [5, 5.41) is 30.7. The molecule has 8 nitrogen and oxygen atoms in total.